The molecule has 154 valence electrons. The number of hydrogen-bond acceptors (Lipinski definition) is 3. The molecule has 4 rings (SSSR count). The van der Waals surface area contributed by atoms with Gasteiger partial charge >= 0.3 is 0 Å². The third-order valence-electron chi connectivity index (χ3n) is 6.34. The lowest BCUT2D eigenvalue weighted by molar-refractivity contribution is 0.0951. The predicted octanol–water partition coefficient (Wildman–Crippen LogP) is 4.43. The van der Waals surface area contributed by atoms with Crippen LogP contribution in [0.2, 0.25) is 0 Å². The predicted molar refractivity (Wildman–Crippen MR) is 116 cm³/mol. The van der Waals surface area contributed by atoms with Crippen LogP contribution >= 0.6 is 0 Å². The van der Waals surface area contributed by atoms with Crippen LogP contribution in [-0.4, -0.2) is 37.0 Å². The van der Waals surface area contributed by atoms with E-state index in [1.165, 1.54) is 37.9 Å². The van der Waals surface area contributed by atoms with Crippen LogP contribution < -0.4 is 10.1 Å². The number of rotatable bonds is 8. The van der Waals surface area contributed by atoms with E-state index < -0.39 is 0 Å². The van der Waals surface area contributed by atoms with Crippen molar-refractivity contribution in [1.29, 1.82) is 0 Å². The van der Waals surface area contributed by atoms with Gasteiger partial charge in [-0.3, -0.25) is 4.79 Å². The second-order valence-corrected chi connectivity index (χ2v) is 8.61. The molecule has 4 nitrogen and oxygen atoms in total. The van der Waals surface area contributed by atoms with Gasteiger partial charge in [-0.1, -0.05) is 36.2 Å². The summed E-state index contributed by atoms with van der Waals surface area (Å²) in [5.41, 5.74) is 2.97. The van der Waals surface area contributed by atoms with Gasteiger partial charge < -0.3 is 15.0 Å². The van der Waals surface area contributed by atoms with Gasteiger partial charge in [0.1, 0.15) is 5.75 Å². The Morgan fingerprint density at radius 1 is 1.10 bits per heavy atom. The fourth-order valence-electron chi connectivity index (χ4n) is 4.80. The first-order valence-electron chi connectivity index (χ1n) is 11.0. The summed E-state index contributed by atoms with van der Waals surface area (Å²) in [6.45, 7) is 7.03. The lowest BCUT2D eigenvalue weighted by atomic mass is 10.0. The fraction of sp³-hybridized carbons (Fsp3) is 0.480. The van der Waals surface area contributed by atoms with Crippen LogP contribution in [0.4, 0.5) is 0 Å². The number of nitrogens with zero attached hydrogens (tertiary/aromatic N) is 1. The average molecular weight is 393 g/mol. The number of ether oxygens (including phenoxy) is 1. The molecule has 2 unspecified atom stereocenters. The molecule has 1 N–H and O–H groups in total. The summed E-state index contributed by atoms with van der Waals surface area (Å²) in [6, 6.07) is 15.6. The lowest BCUT2D eigenvalue weighted by Crippen LogP contribution is -2.24. The zero-order valence-corrected chi connectivity index (χ0v) is 17.4. The molecule has 0 aromatic heterocycles. The highest BCUT2D eigenvalue weighted by Crippen LogP contribution is 2.37. The largest absolute Gasteiger partial charge is 0.494 e. The maximum absolute atomic E-state index is 12.3. The summed E-state index contributed by atoms with van der Waals surface area (Å²) >= 11 is 0. The van der Waals surface area contributed by atoms with E-state index in [1.54, 1.807) is 0 Å². The van der Waals surface area contributed by atoms with Crippen molar-refractivity contribution in [3.63, 3.8) is 0 Å². The second-order valence-electron chi connectivity index (χ2n) is 8.61. The van der Waals surface area contributed by atoms with E-state index >= 15 is 0 Å². The highest BCUT2D eigenvalue weighted by Gasteiger charge is 2.35. The number of likely N-dealkylation sites (tertiary alicyclic amines) is 1. The van der Waals surface area contributed by atoms with Crippen molar-refractivity contribution < 1.29 is 9.53 Å². The summed E-state index contributed by atoms with van der Waals surface area (Å²) in [5, 5.41) is 2.98. The van der Waals surface area contributed by atoms with E-state index in [1.807, 2.05) is 36.4 Å². The number of amides is 1. The Morgan fingerprint density at radius 3 is 2.59 bits per heavy atom. The number of fused-ring (bicyclic) bond motifs is 1. The van der Waals surface area contributed by atoms with Crippen LogP contribution in [0.1, 0.15) is 47.2 Å². The molecule has 1 heterocycles. The molecule has 1 saturated heterocycles. The van der Waals surface area contributed by atoms with Crippen molar-refractivity contribution in [3.05, 3.63) is 65.2 Å². The van der Waals surface area contributed by atoms with Crippen LogP contribution in [-0.2, 0) is 6.54 Å². The van der Waals surface area contributed by atoms with Crippen molar-refractivity contribution in [1.82, 2.24) is 10.2 Å². The van der Waals surface area contributed by atoms with Crippen molar-refractivity contribution >= 4 is 5.91 Å². The zero-order chi connectivity index (χ0) is 20.1. The lowest BCUT2D eigenvalue weighted by Gasteiger charge is -2.16. The molecule has 0 spiro atoms. The van der Waals surface area contributed by atoms with E-state index in [0.717, 1.165) is 42.7 Å². The smallest absolute Gasteiger partial charge is 0.251 e. The number of hydrogen-bond donors (Lipinski definition) is 1. The van der Waals surface area contributed by atoms with Gasteiger partial charge in [0.2, 0.25) is 0 Å². The number of benzene rings is 2. The summed E-state index contributed by atoms with van der Waals surface area (Å²) in [4.78, 5) is 15.0. The molecule has 2 fully saturated rings. The SMILES string of the molecule is Cc1cccc(CNC(=O)c2ccc(OCCCN3CC4CCCC4C3)cc2)c1. The molecule has 1 aliphatic carbocycles. The number of carbonyl (C=O) groups is 1. The summed E-state index contributed by atoms with van der Waals surface area (Å²) in [5.74, 6) is 2.69. The molecule has 0 bridgehead atoms. The van der Waals surface area contributed by atoms with Crippen LogP contribution in [0, 0.1) is 18.8 Å². The van der Waals surface area contributed by atoms with E-state index in [-0.39, 0.29) is 5.91 Å². The molecule has 1 aliphatic heterocycles. The monoisotopic (exact) mass is 392 g/mol. The molecule has 2 atom stereocenters. The maximum atomic E-state index is 12.3. The van der Waals surface area contributed by atoms with Gasteiger partial charge in [0, 0.05) is 31.7 Å². The van der Waals surface area contributed by atoms with Gasteiger partial charge in [0.15, 0.2) is 0 Å². The molecular formula is C25H32N2O2. The topological polar surface area (TPSA) is 41.6 Å². The number of nitrogens with one attached hydrogen (secondary N) is 1. The molecule has 2 aliphatic rings. The molecule has 2 aromatic rings. The highest BCUT2D eigenvalue weighted by molar-refractivity contribution is 5.94. The first-order chi connectivity index (χ1) is 14.2. The third-order valence-corrected chi connectivity index (χ3v) is 6.34. The van der Waals surface area contributed by atoms with Crippen molar-refractivity contribution in [2.24, 2.45) is 11.8 Å². The van der Waals surface area contributed by atoms with Crippen molar-refractivity contribution in [2.45, 2.75) is 39.2 Å². The number of aryl methyl sites for hydroxylation is 1. The Hall–Kier alpha value is -2.33. The van der Waals surface area contributed by atoms with Gasteiger partial charge in [-0.15, -0.1) is 0 Å². The minimum absolute atomic E-state index is 0.0577. The van der Waals surface area contributed by atoms with Gasteiger partial charge in [0.05, 0.1) is 6.61 Å². The zero-order valence-electron chi connectivity index (χ0n) is 17.4. The molecule has 1 saturated carbocycles. The molecule has 4 heteroatoms. The van der Waals surface area contributed by atoms with E-state index in [2.05, 4.69) is 29.3 Å². The highest BCUT2D eigenvalue weighted by atomic mass is 16.5. The van der Waals surface area contributed by atoms with Gasteiger partial charge in [-0.2, -0.15) is 0 Å². The molecule has 29 heavy (non-hydrogen) atoms. The van der Waals surface area contributed by atoms with Gasteiger partial charge in [-0.25, -0.2) is 0 Å². The normalized spacial score (nSPS) is 21.1. The van der Waals surface area contributed by atoms with Crippen LogP contribution in [0.3, 0.4) is 0 Å². The number of carbonyl (C=O) groups excluding carboxylic acids is 1. The van der Waals surface area contributed by atoms with Crippen LogP contribution in [0.5, 0.6) is 5.75 Å². The Labute approximate surface area is 174 Å². The van der Waals surface area contributed by atoms with Crippen molar-refractivity contribution in [2.75, 3.05) is 26.2 Å². The van der Waals surface area contributed by atoms with E-state index in [9.17, 15) is 4.79 Å². The average Bonchev–Trinajstić information content (AvgIpc) is 3.32. The Morgan fingerprint density at radius 2 is 1.86 bits per heavy atom. The molecular weight excluding hydrogens is 360 g/mol. The Bertz CT molecular complexity index is 806. The third kappa shape index (κ3) is 5.39. The summed E-state index contributed by atoms with van der Waals surface area (Å²) < 4.78 is 5.88. The second kappa shape index (κ2) is 9.45. The molecule has 1 amide bonds. The minimum atomic E-state index is -0.0577. The summed E-state index contributed by atoms with van der Waals surface area (Å²) in [6.07, 6.45) is 5.36. The quantitative estimate of drug-likeness (QED) is 0.676. The fourth-order valence-corrected chi connectivity index (χ4v) is 4.80. The van der Waals surface area contributed by atoms with Gasteiger partial charge in [-0.05, 0) is 67.9 Å². The standard InChI is InChI=1S/C25H32N2O2/c1-19-5-2-6-20(15-19)16-26-25(28)21-9-11-24(12-10-21)29-14-4-13-27-17-22-7-3-8-23(22)18-27/h2,5-6,9-12,15,22-23H,3-4,7-8,13-14,16-18H2,1H3,(H,26,28). The van der Waals surface area contributed by atoms with E-state index in [0.29, 0.717) is 12.1 Å². The Kier molecular flexibility index (Phi) is 6.50. The first-order valence-corrected chi connectivity index (χ1v) is 11.0. The van der Waals surface area contributed by atoms with Gasteiger partial charge in [0.25, 0.3) is 5.91 Å². The van der Waals surface area contributed by atoms with E-state index in [4.69, 9.17) is 4.74 Å². The van der Waals surface area contributed by atoms with Crippen molar-refractivity contribution in [3.8, 4) is 5.75 Å². The molecule has 0 radical (unpaired) electrons. The van der Waals surface area contributed by atoms with Crippen LogP contribution in [0.25, 0.3) is 0 Å². The van der Waals surface area contributed by atoms with Crippen LogP contribution in [0.15, 0.2) is 48.5 Å². The first kappa shape index (κ1) is 20.0. The maximum Gasteiger partial charge on any atom is 0.251 e. The summed E-state index contributed by atoms with van der Waals surface area (Å²) in [7, 11) is 0. The molecule has 2 aromatic carbocycles. The Balaban J connectivity index is 1.16. The minimum Gasteiger partial charge on any atom is -0.494 e.